The monoisotopic (exact) mass is 181 g/mol. The predicted molar refractivity (Wildman–Crippen MR) is 50.4 cm³/mol. The van der Waals surface area contributed by atoms with Gasteiger partial charge in [-0.3, -0.25) is 0 Å². The average Bonchev–Trinajstić information content (AvgIpc) is 2.55. The van der Waals surface area contributed by atoms with Gasteiger partial charge >= 0.3 is 0 Å². The minimum atomic E-state index is 0.867. The number of hydrogen-bond donors (Lipinski definition) is 1. The van der Waals surface area contributed by atoms with Gasteiger partial charge in [0, 0.05) is 15.3 Å². The zero-order valence-corrected chi connectivity index (χ0v) is 8.03. The van der Waals surface area contributed by atoms with Gasteiger partial charge < -0.3 is 5.21 Å². The van der Waals surface area contributed by atoms with Crippen molar-refractivity contribution < 1.29 is 5.21 Å². The molecule has 0 fully saturated rings. The van der Waals surface area contributed by atoms with Crippen molar-refractivity contribution in [1.29, 1.82) is 0 Å². The minimum Gasteiger partial charge on any atom is -0.411 e. The maximum Gasteiger partial charge on any atom is 0.0885 e. The summed E-state index contributed by atoms with van der Waals surface area (Å²) in [5.41, 5.74) is 3.37. The van der Waals surface area contributed by atoms with E-state index >= 15 is 0 Å². The maximum absolute atomic E-state index is 8.74. The molecule has 0 amide bonds. The third-order valence-corrected chi connectivity index (χ3v) is 3.72. The number of rotatable bonds is 0. The molecule has 0 aliphatic heterocycles. The Morgan fingerprint density at radius 1 is 1.33 bits per heavy atom. The number of aryl methyl sites for hydroxylation is 2. The zero-order chi connectivity index (χ0) is 8.72. The first kappa shape index (κ1) is 7.80. The molecule has 1 aliphatic carbocycles. The van der Waals surface area contributed by atoms with E-state index in [2.05, 4.69) is 19.0 Å². The Hall–Kier alpha value is -0.830. The van der Waals surface area contributed by atoms with E-state index in [-0.39, 0.29) is 0 Å². The summed E-state index contributed by atoms with van der Waals surface area (Å²) in [6.07, 6.45) is 1.95. The normalized spacial score (nSPS) is 18.7. The Kier molecular flexibility index (Phi) is 1.68. The molecular formula is C9H11NOS. The Morgan fingerprint density at radius 3 is 2.75 bits per heavy atom. The summed E-state index contributed by atoms with van der Waals surface area (Å²) < 4.78 is 0. The highest BCUT2D eigenvalue weighted by Gasteiger charge is 2.23. The molecule has 0 atom stereocenters. The van der Waals surface area contributed by atoms with Crippen LogP contribution in [0.15, 0.2) is 5.16 Å². The van der Waals surface area contributed by atoms with Crippen molar-refractivity contribution in [2.24, 2.45) is 5.16 Å². The van der Waals surface area contributed by atoms with Gasteiger partial charge in [-0.25, -0.2) is 0 Å². The first-order chi connectivity index (χ1) is 5.74. The van der Waals surface area contributed by atoms with Gasteiger partial charge in [-0.1, -0.05) is 5.16 Å². The fourth-order valence-electron chi connectivity index (χ4n) is 1.71. The van der Waals surface area contributed by atoms with Crippen molar-refractivity contribution in [1.82, 2.24) is 0 Å². The van der Waals surface area contributed by atoms with Gasteiger partial charge in [0.25, 0.3) is 0 Å². The number of fused-ring (bicyclic) bond motifs is 1. The highest BCUT2D eigenvalue weighted by Crippen LogP contribution is 2.34. The molecule has 0 saturated carbocycles. The summed E-state index contributed by atoms with van der Waals surface area (Å²) in [7, 11) is 0. The van der Waals surface area contributed by atoms with E-state index in [1.54, 1.807) is 0 Å². The van der Waals surface area contributed by atoms with E-state index in [1.165, 1.54) is 20.9 Å². The fourth-order valence-corrected chi connectivity index (χ4v) is 2.91. The lowest BCUT2D eigenvalue weighted by molar-refractivity contribution is 0.318. The van der Waals surface area contributed by atoms with Crippen molar-refractivity contribution >= 4 is 17.0 Å². The molecule has 0 saturated heterocycles. The topological polar surface area (TPSA) is 32.6 Å². The molecule has 1 aliphatic rings. The zero-order valence-electron chi connectivity index (χ0n) is 7.22. The maximum atomic E-state index is 8.74. The van der Waals surface area contributed by atoms with E-state index in [1.807, 2.05) is 11.3 Å². The van der Waals surface area contributed by atoms with Crippen LogP contribution in [0.2, 0.25) is 0 Å². The van der Waals surface area contributed by atoms with Crippen LogP contribution in [0.5, 0.6) is 0 Å². The summed E-state index contributed by atoms with van der Waals surface area (Å²) in [6, 6.07) is 0. The number of nitrogens with zero attached hydrogens (tertiary/aromatic N) is 1. The van der Waals surface area contributed by atoms with Gasteiger partial charge in [0.2, 0.25) is 0 Å². The lowest BCUT2D eigenvalue weighted by Crippen LogP contribution is -1.95. The molecule has 3 heteroatoms. The molecule has 0 spiro atoms. The second-order valence-electron chi connectivity index (χ2n) is 3.13. The molecule has 12 heavy (non-hydrogen) atoms. The highest BCUT2D eigenvalue weighted by atomic mass is 32.1. The summed E-state index contributed by atoms with van der Waals surface area (Å²) in [4.78, 5) is 2.73. The van der Waals surface area contributed by atoms with Crippen LogP contribution in [0.4, 0.5) is 0 Å². The Bertz CT molecular complexity index is 352. The van der Waals surface area contributed by atoms with Gasteiger partial charge in [0.1, 0.15) is 0 Å². The lowest BCUT2D eigenvalue weighted by Gasteiger charge is -1.95. The molecule has 0 radical (unpaired) electrons. The van der Waals surface area contributed by atoms with Crippen LogP contribution in [-0.2, 0) is 6.42 Å². The Labute approximate surface area is 75.5 Å². The number of hydrogen-bond acceptors (Lipinski definition) is 3. The van der Waals surface area contributed by atoms with Gasteiger partial charge in [0.05, 0.1) is 5.71 Å². The largest absolute Gasteiger partial charge is 0.411 e. The molecule has 1 N–H and O–H groups in total. The quantitative estimate of drug-likeness (QED) is 0.484. The fraction of sp³-hybridized carbons (Fsp3) is 0.444. The van der Waals surface area contributed by atoms with E-state index in [9.17, 15) is 0 Å². The van der Waals surface area contributed by atoms with Crippen molar-refractivity contribution in [3.63, 3.8) is 0 Å². The summed E-state index contributed by atoms with van der Waals surface area (Å²) in [6.45, 7) is 4.22. The van der Waals surface area contributed by atoms with Crippen molar-refractivity contribution in [3.05, 3.63) is 20.9 Å². The van der Waals surface area contributed by atoms with E-state index in [4.69, 9.17) is 5.21 Å². The highest BCUT2D eigenvalue weighted by molar-refractivity contribution is 7.12. The second-order valence-corrected chi connectivity index (χ2v) is 4.44. The molecule has 0 aromatic carbocycles. The molecule has 64 valence electrons. The van der Waals surface area contributed by atoms with Gasteiger partial charge in [0.15, 0.2) is 0 Å². The first-order valence-corrected chi connectivity index (χ1v) is 4.86. The summed E-state index contributed by atoms with van der Waals surface area (Å²) >= 11 is 1.83. The van der Waals surface area contributed by atoms with Crippen molar-refractivity contribution in [2.75, 3.05) is 0 Å². The van der Waals surface area contributed by atoms with Crippen LogP contribution in [0.1, 0.15) is 27.3 Å². The third-order valence-electron chi connectivity index (χ3n) is 2.46. The summed E-state index contributed by atoms with van der Waals surface area (Å²) in [5.74, 6) is 0. The SMILES string of the molecule is Cc1sc2c(c1C)C(=NO)CC2. The standard InChI is InChI=1S/C9H11NOS/c1-5-6(2)12-8-4-3-7(10-11)9(5)8/h11H,3-4H2,1-2H3. The van der Waals surface area contributed by atoms with Crippen LogP contribution in [0.3, 0.4) is 0 Å². The molecule has 1 heterocycles. The molecule has 1 aromatic rings. The summed E-state index contributed by atoms with van der Waals surface area (Å²) in [5, 5.41) is 12.1. The molecule has 0 bridgehead atoms. The number of thiophene rings is 1. The number of oxime groups is 1. The smallest absolute Gasteiger partial charge is 0.0885 e. The minimum absolute atomic E-state index is 0.867. The molecule has 0 unspecified atom stereocenters. The molecule has 1 aromatic heterocycles. The van der Waals surface area contributed by atoms with E-state index < -0.39 is 0 Å². The van der Waals surface area contributed by atoms with Crippen LogP contribution in [0, 0.1) is 13.8 Å². The van der Waals surface area contributed by atoms with E-state index in [0.29, 0.717) is 0 Å². The van der Waals surface area contributed by atoms with Crippen LogP contribution in [-0.4, -0.2) is 10.9 Å². The molecular weight excluding hydrogens is 170 g/mol. The van der Waals surface area contributed by atoms with Crippen LogP contribution < -0.4 is 0 Å². The van der Waals surface area contributed by atoms with Crippen molar-refractivity contribution in [3.8, 4) is 0 Å². The second kappa shape index (κ2) is 2.59. The third kappa shape index (κ3) is 0.894. The molecule has 2 rings (SSSR count). The Balaban J connectivity index is 2.63. The van der Waals surface area contributed by atoms with Crippen LogP contribution >= 0.6 is 11.3 Å². The predicted octanol–water partition coefficient (Wildman–Crippen LogP) is 2.49. The van der Waals surface area contributed by atoms with Gasteiger partial charge in [-0.15, -0.1) is 11.3 Å². The first-order valence-electron chi connectivity index (χ1n) is 4.04. The van der Waals surface area contributed by atoms with Crippen molar-refractivity contribution in [2.45, 2.75) is 26.7 Å². The van der Waals surface area contributed by atoms with E-state index in [0.717, 1.165) is 18.6 Å². The molecule has 2 nitrogen and oxygen atoms in total. The van der Waals surface area contributed by atoms with Gasteiger partial charge in [-0.2, -0.15) is 0 Å². The van der Waals surface area contributed by atoms with Gasteiger partial charge in [-0.05, 0) is 32.3 Å². The average molecular weight is 181 g/mol. The van der Waals surface area contributed by atoms with Crippen LogP contribution in [0.25, 0.3) is 0 Å². The Morgan fingerprint density at radius 2 is 2.08 bits per heavy atom. The lowest BCUT2D eigenvalue weighted by atomic mass is 10.1.